The Morgan fingerprint density at radius 1 is 0.900 bits per heavy atom. The molecule has 6 nitrogen and oxygen atoms in total. The van der Waals surface area contributed by atoms with E-state index in [-0.39, 0.29) is 54.5 Å². The molecule has 2 atom stereocenters. The van der Waals surface area contributed by atoms with Crippen molar-refractivity contribution in [1.82, 2.24) is 0 Å². The number of ether oxygens (including phenoxy) is 1. The van der Waals surface area contributed by atoms with Gasteiger partial charge in [-0.15, -0.1) is 0 Å². The zero-order chi connectivity index (χ0) is 22.3. The van der Waals surface area contributed by atoms with E-state index in [2.05, 4.69) is 55.4 Å². The maximum atomic E-state index is 13.1. The van der Waals surface area contributed by atoms with Gasteiger partial charge in [0, 0.05) is 5.82 Å². The Kier molecular flexibility index (Phi) is 5.07. The molecule has 2 bridgehead atoms. The molecule has 0 amide bonds. The first-order chi connectivity index (χ1) is 13.6. The number of hydrogen-bond acceptors (Lipinski definition) is 6. The second-order valence-corrected chi connectivity index (χ2v) is 12.0. The van der Waals surface area contributed by atoms with Crippen LogP contribution in [0, 0.1) is 11.3 Å². The summed E-state index contributed by atoms with van der Waals surface area (Å²) in [6.45, 7) is 18.4. The number of esters is 1. The third-order valence-electron chi connectivity index (χ3n) is 8.79. The highest BCUT2D eigenvalue weighted by Crippen LogP contribution is 2.75. The first-order valence-corrected chi connectivity index (χ1v) is 11.5. The van der Waals surface area contributed by atoms with Crippen molar-refractivity contribution in [2.75, 3.05) is 0 Å². The predicted molar refractivity (Wildman–Crippen MR) is 116 cm³/mol. The Hall–Kier alpha value is -0.560. The minimum absolute atomic E-state index is 0.0915. The van der Waals surface area contributed by atoms with Gasteiger partial charge >= 0.3 is 20.2 Å². The zero-order valence-corrected chi connectivity index (χ0v) is 20.2. The van der Waals surface area contributed by atoms with Gasteiger partial charge in [-0.3, -0.25) is 4.79 Å². The monoisotopic (exact) mass is 420 g/mol. The average molecular weight is 420 g/mol. The normalized spacial score (nSPS) is 38.0. The maximum Gasteiger partial charge on any atom is 0.462 e. The minimum atomic E-state index is -0.426. The Balaban J connectivity index is 1.29. The van der Waals surface area contributed by atoms with Crippen molar-refractivity contribution in [3.05, 3.63) is 0 Å². The lowest BCUT2D eigenvalue weighted by molar-refractivity contribution is -0.198. The summed E-state index contributed by atoms with van der Waals surface area (Å²) in [5.74, 6) is 0.528. The van der Waals surface area contributed by atoms with Crippen molar-refractivity contribution < 1.29 is 28.1 Å². The van der Waals surface area contributed by atoms with Crippen molar-refractivity contribution in [2.24, 2.45) is 11.3 Å². The molecule has 5 aliphatic rings. The van der Waals surface area contributed by atoms with Crippen molar-refractivity contribution in [2.45, 2.75) is 122 Å². The van der Waals surface area contributed by atoms with Crippen LogP contribution < -0.4 is 0 Å². The molecule has 3 saturated carbocycles. The van der Waals surface area contributed by atoms with Crippen molar-refractivity contribution in [1.29, 1.82) is 0 Å². The van der Waals surface area contributed by atoms with Gasteiger partial charge in [0.05, 0.1) is 33.9 Å². The van der Waals surface area contributed by atoms with Crippen molar-refractivity contribution >= 4 is 20.2 Å². The van der Waals surface area contributed by atoms with Crippen LogP contribution in [0.2, 0.25) is 12.1 Å². The highest BCUT2D eigenvalue weighted by atomic mass is 16.7. The van der Waals surface area contributed by atoms with Gasteiger partial charge in [-0.25, -0.2) is 0 Å². The van der Waals surface area contributed by atoms with E-state index in [0.717, 1.165) is 12.8 Å². The van der Waals surface area contributed by atoms with Gasteiger partial charge in [-0.1, -0.05) is 0 Å². The van der Waals surface area contributed by atoms with E-state index >= 15 is 0 Å². The molecule has 0 aromatic rings. The van der Waals surface area contributed by atoms with Crippen LogP contribution in [0.25, 0.3) is 0 Å². The van der Waals surface area contributed by atoms with Gasteiger partial charge in [0.2, 0.25) is 0 Å². The molecule has 0 aromatic carbocycles. The molecule has 2 heterocycles. The second-order valence-electron chi connectivity index (χ2n) is 12.0. The quantitative estimate of drug-likeness (QED) is 0.473. The average Bonchev–Trinajstić information content (AvgIpc) is 2.81. The van der Waals surface area contributed by atoms with Crippen molar-refractivity contribution in [3.8, 4) is 0 Å². The first-order valence-electron chi connectivity index (χ1n) is 11.5. The molecule has 3 aliphatic carbocycles. The third-order valence-corrected chi connectivity index (χ3v) is 8.79. The molecule has 2 saturated heterocycles. The lowest BCUT2D eigenvalue weighted by atomic mass is 9.28. The Bertz CT molecular complexity index is 680. The van der Waals surface area contributed by atoms with Gasteiger partial charge in [-0.2, -0.15) is 0 Å². The summed E-state index contributed by atoms with van der Waals surface area (Å²) in [6, 6.07) is 0. The number of carbonyl (C=O) groups is 1. The Morgan fingerprint density at radius 3 is 1.80 bits per heavy atom. The maximum absolute atomic E-state index is 13.1. The lowest BCUT2D eigenvalue weighted by Crippen LogP contribution is -2.67. The molecule has 168 valence electrons. The summed E-state index contributed by atoms with van der Waals surface area (Å²) in [5.41, 5.74) is -1.84. The van der Waals surface area contributed by atoms with Crippen LogP contribution in [-0.2, 0) is 28.1 Å². The van der Waals surface area contributed by atoms with Crippen LogP contribution in [0.5, 0.6) is 0 Å². The molecule has 0 N–H and O–H groups in total. The summed E-state index contributed by atoms with van der Waals surface area (Å²) in [7, 11) is -0.585. The van der Waals surface area contributed by atoms with E-state index < -0.39 is 5.41 Å². The van der Waals surface area contributed by atoms with Gasteiger partial charge in [-0.05, 0) is 93.8 Å². The molecule has 5 rings (SSSR count). The van der Waals surface area contributed by atoms with E-state index in [1.807, 2.05) is 6.92 Å². The molecule has 0 aromatic heterocycles. The Morgan fingerprint density at radius 2 is 1.37 bits per heavy atom. The molecular formula is C22H38B2O6. The standard InChI is InChI=1S/C22H38B2O6/c1-14(10-11-23-27-18(2,3)19(4,5)28-23)26-17(25)22-12-15(13-22)16(22)24-29-20(6,7)21(8,9)30-24/h14-16H,10-13H2,1-9H3. The largest absolute Gasteiger partial charge is 0.462 e. The minimum Gasteiger partial charge on any atom is -0.462 e. The SMILES string of the molecule is CC(CCB1OC(C)(C)C(C)(C)O1)OC(=O)C12CC(C1)C2B1OC(C)(C)C(C)(C)O1. The van der Waals surface area contributed by atoms with E-state index in [1.165, 1.54) is 0 Å². The first kappa shape index (κ1) is 22.6. The fourth-order valence-electron chi connectivity index (χ4n) is 5.17. The van der Waals surface area contributed by atoms with Gasteiger partial charge < -0.3 is 23.4 Å². The second kappa shape index (κ2) is 6.72. The van der Waals surface area contributed by atoms with Gasteiger partial charge in [0.1, 0.15) is 0 Å². The molecule has 5 fully saturated rings. The zero-order valence-electron chi connectivity index (χ0n) is 20.2. The fourth-order valence-corrected chi connectivity index (χ4v) is 5.17. The predicted octanol–water partition coefficient (Wildman–Crippen LogP) is 4.27. The highest BCUT2D eigenvalue weighted by molar-refractivity contribution is 6.49. The summed E-state index contributed by atoms with van der Waals surface area (Å²) in [5, 5.41) is 0. The number of rotatable bonds is 6. The van der Waals surface area contributed by atoms with E-state index in [1.54, 1.807) is 0 Å². The van der Waals surface area contributed by atoms with Crippen molar-refractivity contribution in [3.63, 3.8) is 0 Å². The van der Waals surface area contributed by atoms with E-state index in [4.69, 9.17) is 23.4 Å². The third kappa shape index (κ3) is 3.28. The summed E-state index contributed by atoms with van der Waals surface area (Å²) in [6.07, 6.45) is 3.03. The molecule has 8 heteroatoms. The van der Waals surface area contributed by atoms with E-state index in [9.17, 15) is 4.79 Å². The fraction of sp³-hybridized carbons (Fsp3) is 0.955. The number of carbonyl (C=O) groups excluding carboxylic acids is 1. The van der Waals surface area contributed by atoms with Crippen LogP contribution in [-0.4, -0.2) is 48.7 Å². The van der Waals surface area contributed by atoms with Crippen LogP contribution in [0.15, 0.2) is 0 Å². The summed E-state index contributed by atoms with van der Waals surface area (Å²) in [4.78, 5) is 13.1. The Labute approximate surface area is 182 Å². The van der Waals surface area contributed by atoms with Crippen LogP contribution in [0.1, 0.15) is 81.6 Å². The van der Waals surface area contributed by atoms with Gasteiger partial charge in [0.25, 0.3) is 0 Å². The molecular weight excluding hydrogens is 382 g/mol. The van der Waals surface area contributed by atoms with Gasteiger partial charge in [0.15, 0.2) is 0 Å². The number of hydrogen-bond donors (Lipinski definition) is 0. The summed E-state index contributed by atoms with van der Waals surface area (Å²) >= 11 is 0. The van der Waals surface area contributed by atoms with Crippen LogP contribution in [0.4, 0.5) is 0 Å². The molecule has 2 unspecified atom stereocenters. The molecule has 0 spiro atoms. The smallest absolute Gasteiger partial charge is 0.462 e. The van der Waals surface area contributed by atoms with E-state index in [0.29, 0.717) is 18.7 Å². The van der Waals surface area contributed by atoms with Crippen LogP contribution in [0.3, 0.4) is 0 Å². The highest BCUT2D eigenvalue weighted by Gasteiger charge is 2.76. The van der Waals surface area contributed by atoms with Crippen LogP contribution >= 0.6 is 0 Å². The topological polar surface area (TPSA) is 63.2 Å². The molecule has 2 aliphatic heterocycles. The molecule has 30 heavy (non-hydrogen) atoms. The molecule has 0 radical (unpaired) electrons. The summed E-state index contributed by atoms with van der Waals surface area (Å²) < 4.78 is 30.5. The lowest BCUT2D eigenvalue weighted by Gasteiger charge is -2.66.